The molecule has 0 spiro atoms. The molecule has 1 aromatic heterocycles. The number of carbonyl (C=O) groups is 1. The Kier molecular flexibility index (Phi) is 6.80. The minimum atomic E-state index is -0.883. The van der Waals surface area contributed by atoms with Gasteiger partial charge in [-0.2, -0.15) is 0 Å². The number of anilines is 1. The highest BCUT2D eigenvalue weighted by Gasteiger charge is 2.25. The van der Waals surface area contributed by atoms with E-state index >= 15 is 0 Å². The molecule has 33 heavy (non-hydrogen) atoms. The van der Waals surface area contributed by atoms with Crippen molar-refractivity contribution in [3.8, 4) is 17.1 Å². The molecule has 0 fully saturated rings. The number of aryl methyl sites for hydroxylation is 1. The number of nitrogens with one attached hydrogen (secondary N) is 1. The van der Waals surface area contributed by atoms with Crippen LogP contribution in [0.25, 0.3) is 22.3 Å². The first kappa shape index (κ1) is 22.6. The van der Waals surface area contributed by atoms with E-state index in [1.54, 1.807) is 48.5 Å². The third-order valence-electron chi connectivity index (χ3n) is 5.42. The number of benzene rings is 3. The molecular formula is C27H24ClNO4. The fraction of sp³-hybridized carbons (Fsp3) is 0.185. The molecule has 4 rings (SSSR count). The van der Waals surface area contributed by atoms with Crippen LogP contribution < -0.4 is 15.5 Å². The molecule has 5 nitrogen and oxygen atoms in total. The fourth-order valence-corrected chi connectivity index (χ4v) is 3.66. The Balaban J connectivity index is 1.71. The molecule has 3 aromatic carbocycles. The van der Waals surface area contributed by atoms with E-state index in [4.69, 9.17) is 20.8 Å². The first-order valence-corrected chi connectivity index (χ1v) is 11.3. The number of fused-ring (bicyclic) bond motifs is 1. The van der Waals surface area contributed by atoms with E-state index < -0.39 is 6.10 Å². The SMILES string of the molecule is CCc1ccc(NC(=O)C(CC)Oc2c(-c3ccc(Cl)cc3)oc3ccccc3c2=O)cc1. The topological polar surface area (TPSA) is 68.5 Å². The number of ether oxygens (including phenoxy) is 1. The van der Waals surface area contributed by atoms with Gasteiger partial charge in [-0.05, 0) is 66.9 Å². The summed E-state index contributed by atoms with van der Waals surface area (Å²) in [5.74, 6) is -0.0790. The Morgan fingerprint density at radius 3 is 2.36 bits per heavy atom. The summed E-state index contributed by atoms with van der Waals surface area (Å²) in [7, 11) is 0. The highest BCUT2D eigenvalue weighted by atomic mass is 35.5. The lowest BCUT2D eigenvalue weighted by atomic mass is 10.1. The molecule has 0 aliphatic carbocycles. The maximum absolute atomic E-state index is 13.3. The van der Waals surface area contributed by atoms with Gasteiger partial charge in [0.1, 0.15) is 5.58 Å². The first-order valence-electron chi connectivity index (χ1n) is 10.9. The third kappa shape index (κ3) is 4.94. The molecule has 6 heteroatoms. The second-order valence-corrected chi connectivity index (χ2v) is 8.08. The number of hydrogen-bond acceptors (Lipinski definition) is 4. The Bertz CT molecular complexity index is 1330. The Labute approximate surface area is 197 Å². The Morgan fingerprint density at radius 1 is 1.00 bits per heavy atom. The van der Waals surface area contributed by atoms with Crippen LogP contribution in [0, 0.1) is 0 Å². The number of rotatable bonds is 7. The van der Waals surface area contributed by atoms with Gasteiger partial charge in [0.25, 0.3) is 5.91 Å². The smallest absolute Gasteiger partial charge is 0.265 e. The highest BCUT2D eigenvalue weighted by molar-refractivity contribution is 6.30. The second kappa shape index (κ2) is 9.92. The van der Waals surface area contributed by atoms with Gasteiger partial charge in [-0.1, -0.05) is 49.7 Å². The number of amides is 1. The largest absolute Gasteiger partial charge is 0.473 e. The molecule has 0 aliphatic heterocycles. The van der Waals surface area contributed by atoms with Gasteiger partial charge in [0, 0.05) is 16.3 Å². The normalized spacial score (nSPS) is 11.8. The molecule has 0 saturated heterocycles. The lowest BCUT2D eigenvalue weighted by molar-refractivity contribution is -0.122. The van der Waals surface area contributed by atoms with E-state index in [0.717, 1.165) is 6.42 Å². The molecule has 1 heterocycles. The first-order chi connectivity index (χ1) is 16.0. The average Bonchev–Trinajstić information content (AvgIpc) is 2.84. The Hall–Kier alpha value is -3.57. The summed E-state index contributed by atoms with van der Waals surface area (Å²) in [6.07, 6.45) is 0.400. The monoisotopic (exact) mass is 461 g/mol. The van der Waals surface area contributed by atoms with E-state index in [0.29, 0.717) is 33.7 Å². The maximum Gasteiger partial charge on any atom is 0.265 e. The van der Waals surface area contributed by atoms with Gasteiger partial charge in [-0.25, -0.2) is 0 Å². The van der Waals surface area contributed by atoms with Crippen molar-refractivity contribution >= 4 is 34.2 Å². The summed E-state index contributed by atoms with van der Waals surface area (Å²) < 4.78 is 12.1. The van der Waals surface area contributed by atoms with Gasteiger partial charge >= 0.3 is 0 Å². The van der Waals surface area contributed by atoms with Crippen LogP contribution in [-0.2, 0) is 11.2 Å². The van der Waals surface area contributed by atoms with Crippen molar-refractivity contribution < 1.29 is 13.9 Å². The lowest BCUT2D eigenvalue weighted by Gasteiger charge is -2.19. The van der Waals surface area contributed by atoms with Gasteiger partial charge in [-0.15, -0.1) is 0 Å². The quantitative estimate of drug-likeness (QED) is 0.342. The molecule has 1 N–H and O–H groups in total. The van der Waals surface area contributed by atoms with Crippen molar-refractivity contribution in [2.24, 2.45) is 0 Å². The van der Waals surface area contributed by atoms with Gasteiger partial charge in [0.15, 0.2) is 11.9 Å². The second-order valence-electron chi connectivity index (χ2n) is 7.65. The molecule has 0 bridgehead atoms. The number of halogens is 1. The van der Waals surface area contributed by atoms with E-state index in [1.165, 1.54) is 5.56 Å². The third-order valence-corrected chi connectivity index (χ3v) is 5.67. The minimum Gasteiger partial charge on any atom is -0.473 e. The zero-order valence-electron chi connectivity index (χ0n) is 18.4. The molecular weight excluding hydrogens is 438 g/mol. The van der Waals surface area contributed by atoms with Crippen LogP contribution >= 0.6 is 11.6 Å². The van der Waals surface area contributed by atoms with Gasteiger partial charge in [0.2, 0.25) is 11.2 Å². The molecule has 0 saturated carbocycles. The fourth-order valence-electron chi connectivity index (χ4n) is 3.53. The van der Waals surface area contributed by atoms with Gasteiger partial charge < -0.3 is 14.5 Å². The molecule has 1 unspecified atom stereocenters. The summed E-state index contributed by atoms with van der Waals surface area (Å²) in [5, 5.41) is 3.82. The van der Waals surface area contributed by atoms with Crippen LogP contribution in [0.3, 0.4) is 0 Å². The van der Waals surface area contributed by atoms with Gasteiger partial charge in [-0.3, -0.25) is 9.59 Å². The number of hydrogen-bond donors (Lipinski definition) is 1. The molecule has 0 aliphatic rings. The summed E-state index contributed by atoms with van der Waals surface area (Å²) in [6.45, 7) is 3.90. The number of para-hydroxylation sites is 1. The molecule has 4 aromatic rings. The van der Waals surface area contributed by atoms with Crippen LogP contribution in [0.5, 0.6) is 5.75 Å². The van der Waals surface area contributed by atoms with Crippen LogP contribution in [-0.4, -0.2) is 12.0 Å². The maximum atomic E-state index is 13.3. The van der Waals surface area contributed by atoms with Crippen LogP contribution in [0.2, 0.25) is 5.02 Å². The summed E-state index contributed by atoms with van der Waals surface area (Å²) in [6, 6.07) is 21.5. The zero-order chi connectivity index (χ0) is 23.4. The van der Waals surface area contributed by atoms with Crippen LogP contribution in [0.4, 0.5) is 5.69 Å². The van der Waals surface area contributed by atoms with Gasteiger partial charge in [0.05, 0.1) is 5.39 Å². The zero-order valence-corrected chi connectivity index (χ0v) is 19.2. The van der Waals surface area contributed by atoms with Crippen molar-refractivity contribution in [2.45, 2.75) is 32.8 Å². The predicted molar refractivity (Wildman–Crippen MR) is 132 cm³/mol. The number of carbonyl (C=O) groups excluding carboxylic acids is 1. The van der Waals surface area contributed by atoms with Crippen molar-refractivity contribution in [3.05, 3.63) is 93.6 Å². The average molecular weight is 462 g/mol. The predicted octanol–water partition coefficient (Wildman–Crippen LogP) is 6.47. The minimum absolute atomic E-state index is 0.000599. The van der Waals surface area contributed by atoms with Crippen molar-refractivity contribution in [3.63, 3.8) is 0 Å². The molecule has 1 amide bonds. The van der Waals surface area contributed by atoms with Crippen LogP contribution in [0.1, 0.15) is 25.8 Å². The Morgan fingerprint density at radius 2 is 1.70 bits per heavy atom. The molecule has 0 radical (unpaired) electrons. The van der Waals surface area contributed by atoms with Crippen molar-refractivity contribution in [1.82, 2.24) is 0 Å². The summed E-state index contributed by atoms with van der Waals surface area (Å²) in [4.78, 5) is 26.3. The highest BCUT2D eigenvalue weighted by Crippen LogP contribution is 2.32. The van der Waals surface area contributed by atoms with E-state index in [2.05, 4.69) is 12.2 Å². The van der Waals surface area contributed by atoms with Crippen molar-refractivity contribution in [1.29, 1.82) is 0 Å². The van der Waals surface area contributed by atoms with E-state index in [-0.39, 0.29) is 22.8 Å². The van der Waals surface area contributed by atoms with E-state index in [9.17, 15) is 9.59 Å². The molecule has 1 atom stereocenters. The summed E-state index contributed by atoms with van der Waals surface area (Å²) in [5.41, 5.74) is 2.58. The summed E-state index contributed by atoms with van der Waals surface area (Å²) >= 11 is 6.03. The lowest BCUT2D eigenvalue weighted by Crippen LogP contribution is -2.34. The standard InChI is InChI=1S/C27H24ClNO4/c1-3-17-9-15-20(16-10-17)29-27(31)22(4-2)32-26-24(30)21-7-5-6-8-23(21)33-25(26)18-11-13-19(28)14-12-18/h5-16,22H,3-4H2,1-2H3,(H,29,31). The van der Waals surface area contributed by atoms with Crippen molar-refractivity contribution in [2.75, 3.05) is 5.32 Å². The van der Waals surface area contributed by atoms with Crippen LogP contribution in [0.15, 0.2) is 82.0 Å². The molecule has 168 valence electrons. The van der Waals surface area contributed by atoms with E-state index in [1.807, 2.05) is 31.2 Å².